The van der Waals surface area contributed by atoms with Crippen LogP contribution in [0, 0.1) is 0 Å². The number of piperidine rings is 2. The molecule has 2 fully saturated rings. The van der Waals surface area contributed by atoms with E-state index in [0.29, 0.717) is 17.9 Å². The lowest BCUT2D eigenvalue weighted by Crippen LogP contribution is -2.51. The number of ketones is 1. The zero-order valence-electron chi connectivity index (χ0n) is 9.26. The van der Waals surface area contributed by atoms with Gasteiger partial charge in [-0.05, 0) is 12.8 Å². The zero-order valence-corrected chi connectivity index (χ0v) is 10.1. The highest BCUT2D eigenvalue weighted by molar-refractivity contribution is 7.07. The number of hydrogen-bond donors (Lipinski definition) is 0. The highest BCUT2D eigenvalue weighted by Gasteiger charge is 2.37. The Bertz CT molecular complexity index is 360. The maximum atomic E-state index is 11.6. The van der Waals surface area contributed by atoms with Crippen LogP contribution >= 0.6 is 11.3 Å². The highest BCUT2D eigenvalue weighted by atomic mass is 32.1. The fourth-order valence-electron chi connectivity index (χ4n) is 3.03. The number of carbonyl (C=O) groups excluding carboxylic acids is 1. The summed E-state index contributed by atoms with van der Waals surface area (Å²) in [6, 6.07) is 0.975. The van der Waals surface area contributed by atoms with Gasteiger partial charge in [0.05, 0.1) is 11.2 Å². The number of fused-ring (bicyclic) bond motifs is 2. The number of thiazole rings is 1. The Hall–Kier alpha value is -0.740. The predicted molar refractivity (Wildman–Crippen MR) is 63.3 cm³/mol. The lowest BCUT2D eigenvalue weighted by atomic mass is 9.84. The molecular weight excluding hydrogens is 220 g/mol. The average Bonchev–Trinajstić information content (AvgIpc) is 2.72. The van der Waals surface area contributed by atoms with Gasteiger partial charge < -0.3 is 0 Å². The van der Waals surface area contributed by atoms with E-state index < -0.39 is 0 Å². The van der Waals surface area contributed by atoms with Crippen LogP contribution in [0.1, 0.15) is 37.8 Å². The molecule has 4 heteroatoms. The van der Waals surface area contributed by atoms with Crippen LogP contribution in [0.15, 0.2) is 10.9 Å². The third-order valence-electron chi connectivity index (χ3n) is 3.77. The van der Waals surface area contributed by atoms with Crippen LogP contribution < -0.4 is 0 Å². The van der Waals surface area contributed by atoms with Gasteiger partial charge in [0, 0.05) is 36.9 Å². The minimum absolute atomic E-state index is 0.462. The summed E-state index contributed by atoms with van der Waals surface area (Å²) in [5.41, 5.74) is 3.05. The summed E-state index contributed by atoms with van der Waals surface area (Å²) in [5.74, 6) is 0.462. The Labute approximate surface area is 99.5 Å². The molecule has 0 amide bonds. The molecule has 2 bridgehead atoms. The van der Waals surface area contributed by atoms with E-state index >= 15 is 0 Å². The van der Waals surface area contributed by atoms with Crippen LogP contribution in [-0.2, 0) is 11.3 Å². The topological polar surface area (TPSA) is 33.2 Å². The Morgan fingerprint density at radius 1 is 1.38 bits per heavy atom. The Kier molecular flexibility index (Phi) is 2.77. The van der Waals surface area contributed by atoms with E-state index in [1.807, 2.05) is 5.51 Å². The first-order valence-corrected chi connectivity index (χ1v) is 6.92. The van der Waals surface area contributed by atoms with E-state index in [1.54, 1.807) is 11.3 Å². The lowest BCUT2D eigenvalue weighted by Gasteiger charge is -2.45. The van der Waals surface area contributed by atoms with E-state index in [-0.39, 0.29) is 0 Å². The molecular formula is C12H16N2OS. The van der Waals surface area contributed by atoms with Crippen molar-refractivity contribution in [3.63, 3.8) is 0 Å². The van der Waals surface area contributed by atoms with Gasteiger partial charge in [0.1, 0.15) is 5.78 Å². The molecule has 2 unspecified atom stereocenters. The molecule has 0 N–H and O–H groups in total. The first-order chi connectivity index (χ1) is 7.83. The third-order valence-corrected chi connectivity index (χ3v) is 4.40. The van der Waals surface area contributed by atoms with Crippen molar-refractivity contribution in [2.45, 2.75) is 50.7 Å². The normalized spacial score (nSPS) is 30.6. The second kappa shape index (κ2) is 4.26. The van der Waals surface area contributed by atoms with Gasteiger partial charge in [0.15, 0.2) is 0 Å². The van der Waals surface area contributed by atoms with Crippen LogP contribution in [0.3, 0.4) is 0 Å². The fraction of sp³-hybridized carbons (Fsp3) is 0.667. The van der Waals surface area contributed by atoms with Crippen LogP contribution in [-0.4, -0.2) is 27.8 Å². The molecule has 1 aromatic heterocycles. The van der Waals surface area contributed by atoms with Gasteiger partial charge in [0.2, 0.25) is 0 Å². The Morgan fingerprint density at radius 2 is 2.12 bits per heavy atom. The number of Topliss-reactive ketones (excluding diaryl/α,β-unsaturated/α-hetero) is 1. The van der Waals surface area contributed by atoms with Crippen molar-refractivity contribution in [1.82, 2.24) is 9.88 Å². The maximum Gasteiger partial charge on any atom is 0.136 e. The van der Waals surface area contributed by atoms with E-state index in [9.17, 15) is 4.79 Å². The first-order valence-electron chi connectivity index (χ1n) is 5.97. The number of rotatable bonds is 2. The molecule has 2 aliphatic heterocycles. The zero-order chi connectivity index (χ0) is 11.0. The monoisotopic (exact) mass is 236 g/mol. The summed E-state index contributed by atoms with van der Waals surface area (Å²) in [4.78, 5) is 18.4. The maximum absolute atomic E-state index is 11.6. The summed E-state index contributed by atoms with van der Waals surface area (Å²) in [5, 5.41) is 2.12. The molecule has 0 spiro atoms. The molecule has 0 aromatic carbocycles. The Balaban J connectivity index is 1.76. The van der Waals surface area contributed by atoms with E-state index in [4.69, 9.17) is 0 Å². The summed E-state index contributed by atoms with van der Waals surface area (Å²) >= 11 is 1.65. The van der Waals surface area contributed by atoms with Gasteiger partial charge in [-0.25, -0.2) is 4.98 Å². The molecule has 2 atom stereocenters. The lowest BCUT2D eigenvalue weighted by molar-refractivity contribution is -0.127. The first kappa shape index (κ1) is 10.4. The molecule has 0 aliphatic carbocycles. The number of nitrogens with zero attached hydrogens (tertiary/aromatic N) is 2. The molecule has 3 rings (SSSR count). The predicted octanol–water partition coefficient (Wildman–Crippen LogP) is 2.23. The summed E-state index contributed by atoms with van der Waals surface area (Å²) < 4.78 is 0. The van der Waals surface area contributed by atoms with E-state index in [1.165, 1.54) is 19.3 Å². The van der Waals surface area contributed by atoms with Gasteiger partial charge >= 0.3 is 0 Å². The number of carbonyl (C=O) groups is 1. The third kappa shape index (κ3) is 1.92. The van der Waals surface area contributed by atoms with Crippen LogP contribution in [0.2, 0.25) is 0 Å². The average molecular weight is 236 g/mol. The largest absolute Gasteiger partial charge is 0.300 e. The van der Waals surface area contributed by atoms with Gasteiger partial charge in [-0.2, -0.15) is 0 Å². The molecule has 86 valence electrons. The van der Waals surface area contributed by atoms with Gasteiger partial charge in [-0.3, -0.25) is 9.69 Å². The van der Waals surface area contributed by atoms with Gasteiger partial charge in [-0.1, -0.05) is 6.42 Å². The van der Waals surface area contributed by atoms with Crippen LogP contribution in [0.25, 0.3) is 0 Å². The van der Waals surface area contributed by atoms with Crippen molar-refractivity contribution in [3.05, 3.63) is 16.6 Å². The SMILES string of the molecule is O=C1CC2CCCC(C1)N2Cc1cscn1. The fourth-order valence-corrected chi connectivity index (χ4v) is 3.58. The van der Waals surface area contributed by atoms with Crippen molar-refractivity contribution in [3.8, 4) is 0 Å². The summed E-state index contributed by atoms with van der Waals surface area (Å²) in [6.07, 6.45) is 5.19. The number of hydrogen-bond acceptors (Lipinski definition) is 4. The van der Waals surface area contributed by atoms with Crippen molar-refractivity contribution in [1.29, 1.82) is 0 Å². The van der Waals surface area contributed by atoms with Crippen molar-refractivity contribution in [2.24, 2.45) is 0 Å². The minimum atomic E-state index is 0.462. The molecule has 0 saturated carbocycles. The number of aromatic nitrogens is 1. The highest BCUT2D eigenvalue weighted by Crippen LogP contribution is 2.33. The molecule has 2 aliphatic rings. The molecule has 3 nitrogen and oxygen atoms in total. The van der Waals surface area contributed by atoms with E-state index in [2.05, 4.69) is 15.3 Å². The standard InChI is InChI=1S/C12H16N2OS/c15-12-4-10-2-1-3-11(5-12)14(10)6-9-7-16-8-13-9/h7-8,10-11H,1-6H2. The molecule has 0 radical (unpaired) electrons. The Morgan fingerprint density at radius 3 is 2.75 bits per heavy atom. The van der Waals surface area contributed by atoms with Crippen molar-refractivity contribution < 1.29 is 4.79 Å². The van der Waals surface area contributed by atoms with Gasteiger partial charge in [0.25, 0.3) is 0 Å². The molecule has 3 heterocycles. The van der Waals surface area contributed by atoms with Crippen LogP contribution in [0.4, 0.5) is 0 Å². The quantitative estimate of drug-likeness (QED) is 0.789. The van der Waals surface area contributed by atoms with Crippen molar-refractivity contribution in [2.75, 3.05) is 0 Å². The van der Waals surface area contributed by atoms with E-state index in [0.717, 1.165) is 25.1 Å². The van der Waals surface area contributed by atoms with Crippen molar-refractivity contribution >= 4 is 17.1 Å². The molecule has 2 saturated heterocycles. The summed E-state index contributed by atoms with van der Waals surface area (Å²) in [7, 11) is 0. The molecule has 1 aromatic rings. The second-order valence-corrected chi connectivity index (χ2v) is 5.56. The minimum Gasteiger partial charge on any atom is -0.300 e. The molecule has 16 heavy (non-hydrogen) atoms. The van der Waals surface area contributed by atoms with Gasteiger partial charge in [-0.15, -0.1) is 11.3 Å². The summed E-state index contributed by atoms with van der Waals surface area (Å²) in [6.45, 7) is 0.937. The van der Waals surface area contributed by atoms with Crippen LogP contribution in [0.5, 0.6) is 0 Å². The smallest absolute Gasteiger partial charge is 0.136 e. The second-order valence-electron chi connectivity index (χ2n) is 4.84.